The van der Waals surface area contributed by atoms with Crippen LogP contribution in [0.2, 0.25) is 0 Å². The normalized spacial score (nSPS) is 11.6. The van der Waals surface area contributed by atoms with Crippen molar-refractivity contribution in [1.82, 2.24) is 0 Å². The van der Waals surface area contributed by atoms with Crippen LogP contribution in [0, 0.1) is 0 Å². The van der Waals surface area contributed by atoms with E-state index in [9.17, 15) is 9.90 Å². The number of rotatable bonds is 8. The van der Waals surface area contributed by atoms with Gasteiger partial charge in [0, 0.05) is 36.6 Å². The zero-order valence-electron chi connectivity index (χ0n) is 11.5. The maximum absolute atomic E-state index is 10.6. The number of nitrogens with two attached hydrogens (primary N) is 1. The van der Waals surface area contributed by atoms with Crippen molar-refractivity contribution in [2.45, 2.75) is 12.5 Å². The Hall–Kier alpha value is 0.0300. The van der Waals surface area contributed by atoms with E-state index in [1.807, 2.05) is 24.3 Å². The molecule has 106 valence electrons. The van der Waals surface area contributed by atoms with Crippen molar-refractivity contribution in [2.75, 3.05) is 29.7 Å². The van der Waals surface area contributed by atoms with Crippen LogP contribution >= 0.6 is 23.2 Å². The average molecular weight is 327 g/mol. The molecule has 0 aromatic heterocycles. The van der Waals surface area contributed by atoms with Gasteiger partial charge >= 0.3 is 29.6 Å². The number of aliphatic carboxylic acids is 1. The van der Waals surface area contributed by atoms with Gasteiger partial charge in [-0.05, 0) is 24.1 Å². The molecule has 0 spiro atoms. The molecule has 0 radical (unpaired) electrons. The molecule has 0 aliphatic carbocycles. The Bertz CT molecular complexity index is 398. The van der Waals surface area contributed by atoms with Gasteiger partial charge in [0.25, 0.3) is 0 Å². The van der Waals surface area contributed by atoms with Crippen LogP contribution in [0.5, 0.6) is 0 Å². The quantitative estimate of drug-likeness (QED) is 0.427. The van der Waals surface area contributed by atoms with E-state index in [-0.39, 0.29) is 36.0 Å². The molecule has 1 aromatic rings. The van der Waals surface area contributed by atoms with Crippen LogP contribution in [0.4, 0.5) is 5.69 Å². The molecule has 1 rings (SSSR count). The maximum Gasteiger partial charge on any atom is 1.00 e. The summed E-state index contributed by atoms with van der Waals surface area (Å²) in [6.07, 6.45) is 0.258. The molecular weight excluding hydrogens is 310 g/mol. The van der Waals surface area contributed by atoms with Crippen molar-refractivity contribution in [3.8, 4) is 0 Å². The van der Waals surface area contributed by atoms with Gasteiger partial charge in [-0.1, -0.05) is 12.1 Å². The molecule has 4 nitrogen and oxygen atoms in total. The first-order valence-corrected chi connectivity index (χ1v) is 7.07. The molecule has 20 heavy (non-hydrogen) atoms. The number of carbonyl (C=O) groups excluding carboxylic acids is 1. The number of halogens is 2. The Balaban J connectivity index is 0.00000361. The van der Waals surface area contributed by atoms with Gasteiger partial charge in [0.15, 0.2) is 0 Å². The summed E-state index contributed by atoms with van der Waals surface area (Å²) in [4.78, 5) is 12.6. The third-order valence-electron chi connectivity index (χ3n) is 2.77. The van der Waals surface area contributed by atoms with Crippen LogP contribution in [0.1, 0.15) is 5.56 Å². The Morgan fingerprint density at radius 3 is 2.10 bits per heavy atom. The smallest absolute Gasteiger partial charge is 0.548 e. The molecule has 2 N–H and O–H groups in total. The molecule has 0 bridgehead atoms. The maximum atomic E-state index is 10.6. The summed E-state index contributed by atoms with van der Waals surface area (Å²) in [7, 11) is 0. The van der Waals surface area contributed by atoms with E-state index < -0.39 is 12.0 Å². The predicted octanol–water partition coefficient (Wildman–Crippen LogP) is -2.41. The number of nitrogens with zero attached hydrogens (tertiary/aromatic N) is 1. The second kappa shape index (κ2) is 10.7. The molecule has 0 saturated carbocycles. The molecule has 0 heterocycles. The second-order valence-corrected chi connectivity index (χ2v) is 4.92. The van der Waals surface area contributed by atoms with Crippen LogP contribution in [-0.2, 0) is 11.2 Å². The number of carboxylic acid groups (broad SMARTS) is 1. The Morgan fingerprint density at radius 2 is 1.70 bits per heavy atom. The minimum absolute atomic E-state index is 0. The van der Waals surface area contributed by atoms with Crippen LogP contribution in [0.25, 0.3) is 0 Å². The van der Waals surface area contributed by atoms with E-state index in [4.69, 9.17) is 28.9 Å². The van der Waals surface area contributed by atoms with Gasteiger partial charge in [-0.25, -0.2) is 0 Å². The Labute approximate surface area is 151 Å². The molecule has 0 saturated heterocycles. The van der Waals surface area contributed by atoms with Crippen molar-refractivity contribution in [2.24, 2.45) is 5.73 Å². The molecule has 1 aromatic carbocycles. The van der Waals surface area contributed by atoms with Crippen LogP contribution in [-0.4, -0.2) is 36.9 Å². The Morgan fingerprint density at radius 1 is 1.20 bits per heavy atom. The fourth-order valence-electron chi connectivity index (χ4n) is 1.75. The van der Waals surface area contributed by atoms with E-state index in [0.717, 1.165) is 11.3 Å². The zero-order chi connectivity index (χ0) is 14.3. The van der Waals surface area contributed by atoms with Crippen molar-refractivity contribution < 1.29 is 39.5 Å². The van der Waals surface area contributed by atoms with Crippen molar-refractivity contribution in [3.05, 3.63) is 29.8 Å². The third-order valence-corrected chi connectivity index (χ3v) is 3.11. The van der Waals surface area contributed by atoms with E-state index in [0.29, 0.717) is 24.8 Å². The number of hydrogen-bond donors (Lipinski definition) is 1. The van der Waals surface area contributed by atoms with E-state index in [1.165, 1.54) is 0 Å². The van der Waals surface area contributed by atoms with Gasteiger partial charge in [0.05, 0.1) is 5.97 Å². The van der Waals surface area contributed by atoms with Gasteiger partial charge in [0.2, 0.25) is 0 Å². The first-order valence-electron chi connectivity index (χ1n) is 6.00. The van der Waals surface area contributed by atoms with E-state index >= 15 is 0 Å². The monoisotopic (exact) mass is 326 g/mol. The number of carbonyl (C=O) groups is 1. The van der Waals surface area contributed by atoms with Gasteiger partial charge in [0.1, 0.15) is 0 Å². The van der Waals surface area contributed by atoms with E-state index in [2.05, 4.69) is 4.90 Å². The molecule has 1 atom stereocenters. The number of carboxylic acids is 1. The summed E-state index contributed by atoms with van der Waals surface area (Å²) in [6.45, 7) is 1.43. The molecule has 0 amide bonds. The largest absolute Gasteiger partial charge is 1.00 e. The summed E-state index contributed by atoms with van der Waals surface area (Å²) >= 11 is 11.5. The van der Waals surface area contributed by atoms with Crippen molar-refractivity contribution in [3.63, 3.8) is 0 Å². The topological polar surface area (TPSA) is 69.4 Å². The number of alkyl halides is 2. The third kappa shape index (κ3) is 6.66. The van der Waals surface area contributed by atoms with Gasteiger partial charge in [-0.3, -0.25) is 0 Å². The summed E-state index contributed by atoms with van der Waals surface area (Å²) < 4.78 is 0. The minimum Gasteiger partial charge on any atom is -0.548 e. The summed E-state index contributed by atoms with van der Waals surface area (Å²) in [6, 6.07) is 6.56. The number of benzene rings is 1. The minimum atomic E-state index is -1.24. The van der Waals surface area contributed by atoms with Crippen LogP contribution in [0.3, 0.4) is 0 Å². The van der Waals surface area contributed by atoms with Gasteiger partial charge in [-0.15, -0.1) is 23.2 Å². The van der Waals surface area contributed by atoms with Gasteiger partial charge < -0.3 is 20.5 Å². The van der Waals surface area contributed by atoms with Crippen molar-refractivity contribution >= 4 is 34.9 Å². The molecule has 0 aliphatic heterocycles. The Kier molecular flexibility index (Phi) is 10.7. The molecule has 0 unspecified atom stereocenters. The molecular formula is C13H17Cl2N2NaO2. The fraction of sp³-hybridized carbons (Fsp3) is 0.462. The molecule has 0 fully saturated rings. The molecule has 0 aliphatic rings. The van der Waals surface area contributed by atoms with E-state index in [1.54, 1.807) is 0 Å². The summed E-state index contributed by atoms with van der Waals surface area (Å²) in [5.41, 5.74) is 7.30. The first-order chi connectivity index (χ1) is 9.08. The summed E-state index contributed by atoms with van der Waals surface area (Å²) in [5, 5.41) is 10.6. The predicted molar refractivity (Wildman–Crippen MR) is 76.8 cm³/mol. The number of hydrogen-bond acceptors (Lipinski definition) is 4. The average Bonchev–Trinajstić information content (AvgIpc) is 2.39. The zero-order valence-corrected chi connectivity index (χ0v) is 15.0. The first kappa shape index (κ1) is 20.0. The van der Waals surface area contributed by atoms with Crippen molar-refractivity contribution in [1.29, 1.82) is 0 Å². The van der Waals surface area contributed by atoms with Gasteiger partial charge in [-0.2, -0.15) is 0 Å². The fourth-order valence-corrected chi connectivity index (χ4v) is 2.16. The molecule has 7 heteroatoms. The second-order valence-electron chi connectivity index (χ2n) is 4.16. The van der Waals surface area contributed by atoms with Crippen LogP contribution in [0.15, 0.2) is 24.3 Å². The summed E-state index contributed by atoms with van der Waals surface area (Å²) in [5.74, 6) is -0.197. The van der Waals surface area contributed by atoms with Crippen LogP contribution < -0.4 is 45.3 Å². The number of anilines is 1. The standard InChI is InChI=1S/C13H18Cl2N2O2.Na/c14-5-7-17(8-6-15)11-3-1-10(2-4-11)9-12(16)13(18)19;/h1-4,12H,5-9,16H2,(H,18,19);/q;+1/p-1/t12-;/m1./s1. The SMILES string of the molecule is N[C@H](Cc1ccc(N(CCCl)CCCl)cc1)C(=O)[O-].[Na+].